The number of carbonyl (C=O) groups is 1. The Kier molecular flexibility index (Phi) is 4.77. The number of ether oxygens (including phenoxy) is 2. The second-order valence-corrected chi connectivity index (χ2v) is 4.33. The molecular formula is C17H18O3. The minimum Gasteiger partial charge on any atom is -0.489 e. The maximum Gasteiger partial charge on any atom is 0.337 e. The monoisotopic (exact) mass is 270 g/mol. The first-order valence-electron chi connectivity index (χ1n) is 6.68. The lowest BCUT2D eigenvalue weighted by Crippen LogP contribution is -2.14. The summed E-state index contributed by atoms with van der Waals surface area (Å²) in [5, 5.41) is 2.28. The second kappa shape index (κ2) is 6.75. The van der Waals surface area contributed by atoms with Crippen LogP contribution in [0.2, 0.25) is 0 Å². The quantitative estimate of drug-likeness (QED) is 0.613. The summed E-state index contributed by atoms with van der Waals surface area (Å²) in [6.07, 6.45) is 1.72. The van der Waals surface area contributed by atoms with Crippen LogP contribution in [0.15, 0.2) is 54.1 Å². The average Bonchev–Trinajstić information content (AvgIpc) is 2.48. The van der Waals surface area contributed by atoms with Crippen LogP contribution >= 0.6 is 0 Å². The molecule has 0 amide bonds. The van der Waals surface area contributed by atoms with Crippen LogP contribution in [0.5, 0.6) is 5.75 Å². The van der Waals surface area contributed by atoms with Crippen molar-refractivity contribution in [1.82, 2.24) is 0 Å². The van der Waals surface area contributed by atoms with Crippen molar-refractivity contribution in [3.8, 4) is 5.75 Å². The van der Waals surface area contributed by atoms with E-state index >= 15 is 0 Å². The van der Waals surface area contributed by atoms with E-state index in [1.54, 1.807) is 19.9 Å². The van der Waals surface area contributed by atoms with E-state index < -0.39 is 0 Å². The number of benzene rings is 2. The fraction of sp³-hybridized carbons (Fsp3) is 0.235. The summed E-state index contributed by atoms with van der Waals surface area (Å²) in [7, 11) is 0. The van der Waals surface area contributed by atoms with E-state index in [-0.39, 0.29) is 12.6 Å². The van der Waals surface area contributed by atoms with Gasteiger partial charge >= 0.3 is 5.97 Å². The van der Waals surface area contributed by atoms with Crippen molar-refractivity contribution in [3.05, 3.63) is 54.1 Å². The molecule has 3 nitrogen and oxygen atoms in total. The maximum absolute atomic E-state index is 11.6. The molecule has 0 unspecified atom stereocenters. The summed E-state index contributed by atoms with van der Waals surface area (Å²) in [5.74, 6) is 0.420. The zero-order valence-corrected chi connectivity index (χ0v) is 11.8. The number of allylic oxidation sites excluding steroid dienone is 1. The fourth-order valence-electron chi connectivity index (χ4n) is 1.90. The highest BCUT2D eigenvalue weighted by Gasteiger charge is 2.10. The minimum absolute atomic E-state index is 0.216. The van der Waals surface area contributed by atoms with E-state index in [1.807, 2.05) is 36.4 Å². The molecule has 0 fully saturated rings. The van der Waals surface area contributed by atoms with Gasteiger partial charge < -0.3 is 9.47 Å². The molecule has 0 atom stereocenters. The number of rotatable bonds is 5. The summed E-state index contributed by atoms with van der Waals surface area (Å²) in [5.41, 5.74) is 0.528. The summed E-state index contributed by atoms with van der Waals surface area (Å²) in [6, 6.07) is 13.9. The Hall–Kier alpha value is -2.29. The van der Waals surface area contributed by atoms with Gasteiger partial charge in [0.25, 0.3) is 0 Å². The molecule has 0 aliphatic heterocycles. The Morgan fingerprint density at radius 2 is 1.90 bits per heavy atom. The molecule has 0 aliphatic carbocycles. The molecule has 0 saturated heterocycles. The number of esters is 1. The van der Waals surface area contributed by atoms with E-state index in [2.05, 4.69) is 6.07 Å². The minimum atomic E-state index is -0.323. The van der Waals surface area contributed by atoms with Crippen LogP contribution in [0.3, 0.4) is 0 Å². The molecular weight excluding hydrogens is 252 g/mol. The topological polar surface area (TPSA) is 35.5 Å². The van der Waals surface area contributed by atoms with Gasteiger partial charge in [0.1, 0.15) is 12.4 Å². The van der Waals surface area contributed by atoms with E-state index in [4.69, 9.17) is 9.47 Å². The van der Waals surface area contributed by atoms with Crippen molar-refractivity contribution in [2.45, 2.75) is 13.8 Å². The van der Waals surface area contributed by atoms with Crippen LogP contribution < -0.4 is 4.74 Å². The van der Waals surface area contributed by atoms with Gasteiger partial charge in [-0.25, -0.2) is 4.79 Å². The zero-order chi connectivity index (χ0) is 14.4. The number of hydrogen-bond acceptors (Lipinski definition) is 3. The van der Waals surface area contributed by atoms with E-state index in [0.717, 1.165) is 16.5 Å². The third-order valence-corrected chi connectivity index (χ3v) is 3.00. The molecule has 20 heavy (non-hydrogen) atoms. The predicted molar refractivity (Wildman–Crippen MR) is 79.8 cm³/mol. The van der Waals surface area contributed by atoms with Gasteiger partial charge in [0.05, 0.1) is 12.2 Å². The Morgan fingerprint density at radius 3 is 2.60 bits per heavy atom. The third-order valence-electron chi connectivity index (χ3n) is 3.00. The van der Waals surface area contributed by atoms with Crippen molar-refractivity contribution >= 4 is 16.7 Å². The summed E-state index contributed by atoms with van der Waals surface area (Å²) >= 11 is 0. The molecule has 0 radical (unpaired) electrons. The zero-order valence-electron chi connectivity index (χ0n) is 11.8. The van der Waals surface area contributed by atoms with E-state index in [0.29, 0.717) is 12.2 Å². The van der Waals surface area contributed by atoms with Gasteiger partial charge in [-0.3, -0.25) is 0 Å². The van der Waals surface area contributed by atoms with Crippen LogP contribution in [-0.2, 0) is 9.53 Å². The Labute approximate surface area is 118 Å². The fourth-order valence-corrected chi connectivity index (χ4v) is 1.90. The first-order valence-corrected chi connectivity index (χ1v) is 6.68. The van der Waals surface area contributed by atoms with Crippen LogP contribution in [0.25, 0.3) is 10.8 Å². The van der Waals surface area contributed by atoms with Crippen LogP contribution in [0.4, 0.5) is 0 Å². The molecule has 0 saturated carbocycles. The highest BCUT2D eigenvalue weighted by molar-refractivity contribution is 5.88. The van der Waals surface area contributed by atoms with Gasteiger partial charge in [-0.15, -0.1) is 0 Å². The number of carbonyl (C=O) groups excluding carboxylic acids is 1. The average molecular weight is 270 g/mol. The smallest absolute Gasteiger partial charge is 0.337 e. The van der Waals surface area contributed by atoms with E-state index in [9.17, 15) is 4.79 Å². The highest BCUT2D eigenvalue weighted by Crippen LogP contribution is 2.21. The van der Waals surface area contributed by atoms with Crippen molar-refractivity contribution in [2.75, 3.05) is 13.2 Å². The van der Waals surface area contributed by atoms with Gasteiger partial charge in [0.15, 0.2) is 0 Å². The summed E-state index contributed by atoms with van der Waals surface area (Å²) in [4.78, 5) is 11.6. The van der Waals surface area contributed by atoms with Gasteiger partial charge in [-0.1, -0.05) is 36.4 Å². The van der Waals surface area contributed by atoms with Crippen molar-refractivity contribution in [3.63, 3.8) is 0 Å². The molecule has 2 aromatic carbocycles. The number of hydrogen-bond donors (Lipinski definition) is 0. The van der Waals surface area contributed by atoms with Gasteiger partial charge in [0, 0.05) is 0 Å². The van der Waals surface area contributed by atoms with Crippen molar-refractivity contribution in [1.29, 1.82) is 0 Å². The lowest BCUT2D eigenvalue weighted by molar-refractivity contribution is -0.138. The highest BCUT2D eigenvalue weighted by atomic mass is 16.5. The lowest BCUT2D eigenvalue weighted by atomic mass is 10.1. The maximum atomic E-state index is 11.6. The van der Waals surface area contributed by atoms with Crippen molar-refractivity contribution < 1.29 is 14.3 Å². The molecule has 0 N–H and O–H groups in total. The first kappa shape index (κ1) is 14.1. The van der Waals surface area contributed by atoms with E-state index in [1.165, 1.54) is 0 Å². The first-order chi connectivity index (χ1) is 9.74. The molecule has 0 aromatic heterocycles. The van der Waals surface area contributed by atoms with Crippen LogP contribution in [0.1, 0.15) is 13.8 Å². The third kappa shape index (κ3) is 3.38. The lowest BCUT2D eigenvalue weighted by Gasteiger charge is -2.09. The molecule has 0 bridgehead atoms. The Bertz CT molecular complexity index is 629. The van der Waals surface area contributed by atoms with Gasteiger partial charge in [-0.2, -0.15) is 0 Å². The summed E-state index contributed by atoms with van der Waals surface area (Å²) < 4.78 is 10.6. The SMILES string of the molecule is C/C=C(\COc1ccc2ccccc2c1)C(=O)OCC. The molecule has 2 aromatic rings. The van der Waals surface area contributed by atoms with Crippen LogP contribution in [0, 0.1) is 0 Å². The molecule has 2 rings (SSSR count). The molecule has 0 aliphatic rings. The standard InChI is InChI=1S/C17H18O3/c1-3-13(17(18)19-4-2)12-20-16-10-9-14-7-5-6-8-15(14)11-16/h3,5-11H,4,12H2,1-2H3/b13-3+. The van der Waals surface area contributed by atoms with Gasteiger partial charge in [-0.05, 0) is 36.8 Å². The normalized spacial score (nSPS) is 11.4. The van der Waals surface area contributed by atoms with Gasteiger partial charge in [0.2, 0.25) is 0 Å². The predicted octanol–water partition coefficient (Wildman–Crippen LogP) is 3.73. The Morgan fingerprint density at radius 1 is 1.15 bits per heavy atom. The molecule has 3 heteroatoms. The summed E-state index contributed by atoms with van der Waals surface area (Å²) in [6.45, 7) is 4.17. The molecule has 0 spiro atoms. The Balaban J connectivity index is 2.06. The van der Waals surface area contributed by atoms with Crippen LogP contribution in [-0.4, -0.2) is 19.2 Å². The largest absolute Gasteiger partial charge is 0.489 e. The number of fused-ring (bicyclic) bond motifs is 1. The molecule has 0 heterocycles. The molecule has 104 valence electrons. The van der Waals surface area contributed by atoms with Crippen molar-refractivity contribution in [2.24, 2.45) is 0 Å². The second-order valence-electron chi connectivity index (χ2n) is 4.33.